The van der Waals surface area contributed by atoms with Gasteiger partial charge < -0.3 is 15.4 Å². The number of hydrogen-bond acceptors (Lipinski definition) is 4. The van der Waals surface area contributed by atoms with Gasteiger partial charge in [0, 0.05) is 33.2 Å². The van der Waals surface area contributed by atoms with Crippen LogP contribution >= 0.6 is 24.0 Å². The molecule has 0 saturated carbocycles. The van der Waals surface area contributed by atoms with E-state index in [2.05, 4.69) is 53.7 Å². The molecule has 1 fully saturated rings. The van der Waals surface area contributed by atoms with E-state index in [0.717, 1.165) is 19.4 Å². The summed E-state index contributed by atoms with van der Waals surface area (Å²) in [5.74, 6) is 1.24. The van der Waals surface area contributed by atoms with Gasteiger partial charge in [0.05, 0.1) is 19.0 Å². The number of nitrogens with one attached hydrogen (secondary N) is 2. The lowest BCUT2D eigenvalue weighted by Gasteiger charge is -2.26. The first kappa shape index (κ1) is 26.1. The van der Waals surface area contributed by atoms with E-state index < -0.39 is 10.0 Å². The third kappa shape index (κ3) is 9.18. The molecular formula is C20H35IN4O3S. The molecular weight excluding hydrogens is 503 g/mol. The van der Waals surface area contributed by atoms with Crippen molar-refractivity contribution >= 4 is 40.0 Å². The van der Waals surface area contributed by atoms with Crippen molar-refractivity contribution in [3.8, 4) is 0 Å². The van der Waals surface area contributed by atoms with Crippen molar-refractivity contribution in [2.24, 2.45) is 4.99 Å². The minimum absolute atomic E-state index is 0. The Kier molecular flexibility index (Phi) is 12.1. The van der Waals surface area contributed by atoms with E-state index in [-0.39, 0.29) is 29.7 Å². The molecule has 1 aliphatic rings. The van der Waals surface area contributed by atoms with Crippen LogP contribution in [0.3, 0.4) is 0 Å². The van der Waals surface area contributed by atoms with Gasteiger partial charge in [0.25, 0.3) is 0 Å². The summed E-state index contributed by atoms with van der Waals surface area (Å²) in [6, 6.07) is 8.78. The quantitative estimate of drug-likeness (QED) is 0.218. The van der Waals surface area contributed by atoms with Gasteiger partial charge in [-0.3, -0.25) is 4.99 Å². The first-order valence-electron chi connectivity index (χ1n) is 10.0. The monoisotopic (exact) mass is 538 g/mol. The molecule has 0 bridgehead atoms. The summed E-state index contributed by atoms with van der Waals surface area (Å²) in [6.45, 7) is 7.32. The molecule has 2 rings (SSSR count). The summed E-state index contributed by atoms with van der Waals surface area (Å²) < 4.78 is 31.3. The standard InChI is InChI=1S/C20H34N4O3S.HI/c1-17(2)19-8-6-18(7-9-19)5-4-10-22-20(21-3)23-11-16-28(25,26)24-12-14-27-15-13-24;/h6-9,17H,4-5,10-16H2,1-3H3,(H2,21,22,23);1H. The molecule has 0 unspecified atom stereocenters. The van der Waals surface area contributed by atoms with Gasteiger partial charge in [0.1, 0.15) is 0 Å². The van der Waals surface area contributed by atoms with E-state index in [1.807, 2.05) is 0 Å². The number of benzene rings is 1. The summed E-state index contributed by atoms with van der Waals surface area (Å²) in [6.07, 6.45) is 1.97. The lowest BCUT2D eigenvalue weighted by atomic mass is 10.0. The van der Waals surface area contributed by atoms with E-state index in [9.17, 15) is 8.42 Å². The summed E-state index contributed by atoms with van der Waals surface area (Å²) in [5.41, 5.74) is 2.68. The van der Waals surface area contributed by atoms with Crippen LogP contribution in [0.2, 0.25) is 0 Å². The Morgan fingerprint density at radius 2 is 1.76 bits per heavy atom. The molecule has 0 spiro atoms. The van der Waals surface area contributed by atoms with Crippen LogP contribution in [0.1, 0.15) is 37.3 Å². The van der Waals surface area contributed by atoms with Crippen LogP contribution in [-0.2, 0) is 21.2 Å². The van der Waals surface area contributed by atoms with E-state index >= 15 is 0 Å². The molecule has 9 heteroatoms. The second-order valence-electron chi connectivity index (χ2n) is 7.25. The van der Waals surface area contributed by atoms with E-state index in [1.165, 1.54) is 15.4 Å². The van der Waals surface area contributed by atoms with E-state index in [0.29, 0.717) is 44.7 Å². The Labute approximate surface area is 192 Å². The van der Waals surface area contributed by atoms with E-state index in [1.54, 1.807) is 7.05 Å². The fraction of sp³-hybridized carbons (Fsp3) is 0.650. The lowest BCUT2D eigenvalue weighted by Crippen LogP contribution is -2.45. The number of aliphatic imine (C=N–C) groups is 1. The maximum atomic E-state index is 12.3. The predicted octanol–water partition coefficient (Wildman–Crippen LogP) is 2.19. The third-order valence-electron chi connectivity index (χ3n) is 4.82. The number of halogens is 1. The van der Waals surface area contributed by atoms with Crippen LogP contribution in [-0.4, -0.2) is 70.9 Å². The van der Waals surface area contributed by atoms with Crippen LogP contribution in [0.4, 0.5) is 0 Å². The van der Waals surface area contributed by atoms with Gasteiger partial charge in [-0.05, 0) is 29.9 Å². The number of aryl methyl sites for hydroxylation is 1. The minimum Gasteiger partial charge on any atom is -0.379 e. The Bertz CT molecular complexity index is 718. The molecule has 1 aromatic carbocycles. The van der Waals surface area contributed by atoms with Crippen LogP contribution in [0, 0.1) is 0 Å². The van der Waals surface area contributed by atoms with Crippen LogP contribution in [0.25, 0.3) is 0 Å². The SMILES string of the molecule is CN=C(NCCCc1ccc(C(C)C)cc1)NCCS(=O)(=O)N1CCOCC1.I. The fourth-order valence-electron chi connectivity index (χ4n) is 3.04. The van der Waals surface area contributed by atoms with Gasteiger partial charge in [-0.25, -0.2) is 8.42 Å². The molecule has 0 aromatic heterocycles. The van der Waals surface area contributed by atoms with Crippen LogP contribution < -0.4 is 10.6 Å². The van der Waals surface area contributed by atoms with Gasteiger partial charge in [0.2, 0.25) is 10.0 Å². The summed E-state index contributed by atoms with van der Waals surface area (Å²) >= 11 is 0. The molecule has 2 N–H and O–H groups in total. The molecule has 1 heterocycles. The first-order chi connectivity index (χ1) is 13.4. The first-order valence-corrected chi connectivity index (χ1v) is 11.6. The molecule has 1 aromatic rings. The third-order valence-corrected chi connectivity index (χ3v) is 6.69. The zero-order valence-electron chi connectivity index (χ0n) is 17.7. The van der Waals surface area contributed by atoms with Gasteiger partial charge in [-0.15, -0.1) is 24.0 Å². The zero-order valence-corrected chi connectivity index (χ0v) is 20.8. The number of rotatable bonds is 9. The van der Waals surface area contributed by atoms with Crippen LogP contribution in [0.15, 0.2) is 29.3 Å². The van der Waals surface area contributed by atoms with Crippen molar-refractivity contribution in [1.82, 2.24) is 14.9 Å². The maximum absolute atomic E-state index is 12.3. The van der Waals surface area contributed by atoms with Gasteiger partial charge in [0.15, 0.2) is 5.96 Å². The van der Waals surface area contributed by atoms with Gasteiger partial charge in [-0.2, -0.15) is 4.31 Å². The highest BCUT2D eigenvalue weighted by molar-refractivity contribution is 14.0. The number of sulfonamides is 1. The summed E-state index contributed by atoms with van der Waals surface area (Å²) in [7, 11) is -1.56. The zero-order chi connectivity index (χ0) is 20.4. The predicted molar refractivity (Wildman–Crippen MR) is 130 cm³/mol. The average Bonchev–Trinajstić information content (AvgIpc) is 2.70. The van der Waals surface area contributed by atoms with Crippen molar-refractivity contribution in [1.29, 1.82) is 0 Å². The van der Waals surface area contributed by atoms with Gasteiger partial charge >= 0.3 is 0 Å². The van der Waals surface area contributed by atoms with Gasteiger partial charge in [-0.1, -0.05) is 38.1 Å². The average molecular weight is 538 g/mol. The van der Waals surface area contributed by atoms with Crippen molar-refractivity contribution in [2.75, 3.05) is 52.2 Å². The molecule has 0 amide bonds. The highest BCUT2D eigenvalue weighted by atomic mass is 127. The number of nitrogens with zero attached hydrogens (tertiary/aromatic N) is 2. The normalized spacial score (nSPS) is 15.8. The summed E-state index contributed by atoms with van der Waals surface area (Å²) in [4.78, 5) is 4.16. The van der Waals surface area contributed by atoms with Crippen molar-refractivity contribution < 1.29 is 13.2 Å². The van der Waals surface area contributed by atoms with Crippen molar-refractivity contribution in [3.63, 3.8) is 0 Å². The largest absolute Gasteiger partial charge is 0.379 e. The highest BCUT2D eigenvalue weighted by Gasteiger charge is 2.23. The minimum atomic E-state index is -3.25. The molecule has 1 saturated heterocycles. The lowest BCUT2D eigenvalue weighted by molar-refractivity contribution is 0.0730. The molecule has 1 aliphatic heterocycles. The maximum Gasteiger partial charge on any atom is 0.215 e. The number of ether oxygens (including phenoxy) is 1. The second kappa shape index (κ2) is 13.4. The Morgan fingerprint density at radius 1 is 1.14 bits per heavy atom. The molecule has 0 aliphatic carbocycles. The highest BCUT2D eigenvalue weighted by Crippen LogP contribution is 2.15. The Morgan fingerprint density at radius 3 is 2.34 bits per heavy atom. The molecule has 166 valence electrons. The number of hydrogen-bond donors (Lipinski definition) is 2. The summed E-state index contributed by atoms with van der Waals surface area (Å²) in [5, 5.41) is 6.33. The topological polar surface area (TPSA) is 83.0 Å². The van der Waals surface area contributed by atoms with Crippen molar-refractivity contribution in [3.05, 3.63) is 35.4 Å². The van der Waals surface area contributed by atoms with Crippen LogP contribution in [0.5, 0.6) is 0 Å². The molecule has 29 heavy (non-hydrogen) atoms. The number of guanidine groups is 1. The molecule has 0 atom stereocenters. The van der Waals surface area contributed by atoms with E-state index in [4.69, 9.17) is 4.74 Å². The Balaban J connectivity index is 0.00000420. The molecule has 7 nitrogen and oxygen atoms in total. The Hall–Kier alpha value is -0.910. The van der Waals surface area contributed by atoms with Crippen molar-refractivity contribution in [2.45, 2.75) is 32.6 Å². The second-order valence-corrected chi connectivity index (χ2v) is 9.34. The molecule has 0 radical (unpaired) electrons. The smallest absolute Gasteiger partial charge is 0.215 e. The fourth-order valence-corrected chi connectivity index (χ4v) is 4.37. The number of morpholine rings is 1.